The summed E-state index contributed by atoms with van der Waals surface area (Å²) in [6.07, 6.45) is 1.65. The zero-order valence-corrected chi connectivity index (χ0v) is 9.43. The summed E-state index contributed by atoms with van der Waals surface area (Å²) >= 11 is 0. The van der Waals surface area contributed by atoms with E-state index in [1.54, 1.807) is 0 Å². The minimum Gasteiger partial charge on any atom is -0.481 e. The van der Waals surface area contributed by atoms with Gasteiger partial charge in [0, 0.05) is 0 Å². The number of fused-ring (bicyclic) bond motifs is 2. The smallest absolute Gasteiger partial charge is 0.308 e. The molecule has 0 spiro atoms. The lowest BCUT2D eigenvalue weighted by atomic mass is 9.79. The Morgan fingerprint density at radius 2 is 1.38 bits per heavy atom. The minimum atomic E-state index is -0.960. The van der Waals surface area contributed by atoms with Crippen LogP contribution in [0.1, 0.15) is 26.7 Å². The zero-order chi connectivity index (χ0) is 12.0. The third-order valence-electron chi connectivity index (χ3n) is 3.99. The molecule has 0 heterocycles. The number of carboxylic acids is 2. The monoisotopic (exact) mass is 224 g/mol. The van der Waals surface area contributed by atoms with Crippen molar-refractivity contribution < 1.29 is 19.8 Å². The average Bonchev–Trinajstić information content (AvgIpc) is 2.70. The molecule has 2 bridgehead atoms. The van der Waals surface area contributed by atoms with Crippen molar-refractivity contribution in [1.82, 2.24) is 0 Å². The summed E-state index contributed by atoms with van der Waals surface area (Å²) in [5.74, 6) is -3.46. The Bertz CT molecular complexity index is 348. The average molecular weight is 224 g/mol. The van der Waals surface area contributed by atoms with Crippen LogP contribution in [0, 0.1) is 23.7 Å². The molecular formula is C12H16O4. The Labute approximate surface area is 94.0 Å². The highest BCUT2D eigenvalue weighted by Crippen LogP contribution is 2.56. The van der Waals surface area contributed by atoms with Crippen molar-refractivity contribution in [1.29, 1.82) is 0 Å². The molecule has 2 rings (SSSR count). The second kappa shape index (κ2) is 3.61. The van der Waals surface area contributed by atoms with Gasteiger partial charge in [0.25, 0.3) is 0 Å². The molecule has 0 aromatic heterocycles. The normalized spacial score (nSPS) is 36.5. The summed E-state index contributed by atoms with van der Waals surface area (Å²) in [6.45, 7) is 3.90. The van der Waals surface area contributed by atoms with E-state index in [-0.39, 0.29) is 11.8 Å². The Balaban J connectivity index is 2.46. The molecule has 16 heavy (non-hydrogen) atoms. The van der Waals surface area contributed by atoms with Crippen LogP contribution in [0.5, 0.6) is 0 Å². The Kier molecular flexibility index (Phi) is 2.52. The van der Waals surface area contributed by atoms with Crippen LogP contribution in [-0.4, -0.2) is 22.2 Å². The summed E-state index contributed by atoms with van der Waals surface area (Å²) in [6, 6.07) is 0. The van der Waals surface area contributed by atoms with E-state index in [0.717, 1.165) is 24.0 Å². The van der Waals surface area contributed by atoms with E-state index in [1.807, 2.05) is 13.8 Å². The van der Waals surface area contributed by atoms with Gasteiger partial charge >= 0.3 is 11.9 Å². The topological polar surface area (TPSA) is 74.6 Å². The summed E-state index contributed by atoms with van der Waals surface area (Å²) in [7, 11) is 0. The largest absolute Gasteiger partial charge is 0.481 e. The first kappa shape index (κ1) is 11.2. The van der Waals surface area contributed by atoms with Crippen LogP contribution in [0.4, 0.5) is 0 Å². The molecule has 4 atom stereocenters. The summed E-state index contributed by atoms with van der Waals surface area (Å²) in [5, 5.41) is 18.3. The van der Waals surface area contributed by atoms with Gasteiger partial charge in [-0.1, -0.05) is 11.1 Å². The highest BCUT2D eigenvalue weighted by molar-refractivity contribution is 5.83. The molecular weight excluding hydrogens is 208 g/mol. The number of rotatable bonds is 2. The maximum atomic E-state index is 11.2. The van der Waals surface area contributed by atoms with E-state index in [9.17, 15) is 9.59 Å². The van der Waals surface area contributed by atoms with Crippen LogP contribution in [-0.2, 0) is 9.59 Å². The van der Waals surface area contributed by atoms with Gasteiger partial charge in [0.15, 0.2) is 0 Å². The highest BCUT2D eigenvalue weighted by atomic mass is 16.4. The van der Waals surface area contributed by atoms with E-state index in [0.29, 0.717) is 0 Å². The number of allylic oxidation sites excluding steroid dienone is 2. The van der Waals surface area contributed by atoms with E-state index < -0.39 is 23.8 Å². The second-order valence-electron chi connectivity index (χ2n) is 4.97. The summed E-state index contributed by atoms with van der Waals surface area (Å²) < 4.78 is 0. The lowest BCUT2D eigenvalue weighted by Crippen LogP contribution is -2.34. The molecule has 2 aliphatic carbocycles. The SMILES string of the molecule is CC(C)=C1[C@H]2CC[C@@H]1[C@H](C(=O)O)[C@@H]2C(=O)O. The Morgan fingerprint density at radius 3 is 1.62 bits per heavy atom. The van der Waals surface area contributed by atoms with Gasteiger partial charge in [0.05, 0.1) is 11.8 Å². The molecule has 2 N–H and O–H groups in total. The number of carboxylic acid groups (broad SMARTS) is 2. The standard InChI is InChI=1S/C12H16O4/c1-5(2)8-6-3-4-7(8)10(12(15)16)9(6)11(13)14/h6-7,9-10H,3-4H2,1-2H3,(H,13,14)(H,15,16)/t6-,7+,9-,10+. The van der Waals surface area contributed by atoms with Gasteiger partial charge in [-0.25, -0.2) is 0 Å². The molecule has 2 fully saturated rings. The molecule has 2 saturated carbocycles. The summed E-state index contributed by atoms with van der Waals surface area (Å²) in [5.41, 5.74) is 2.20. The molecule has 0 saturated heterocycles. The van der Waals surface area contributed by atoms with E-state index >= 15 is 0 Å². The Morgan fingerprint density at radius 1 is 1.00 bits per heavy atom. The van der Waals surface area contributed by atoms with Crippen LogP contribution in [0.15, 0.2) is 11.1 Å². The first-order valence-electron chi connectivity index (χ1n) is 5.58. The van der Waals surface area contributed by atoms with Crippen LogP contribution in [0.2, 0.25) is 0 Å². The van der Waals surface area contributed by atoms with Crippen molar-refractivity contribution in [2.24, 2.45) is 23.7 Å². The molecule has 0 aromatic rings. The highest BCUT2D eigenvalue weighted by Gasteiger charge is 2.57. The fraction of sp³-hybridized carbons (Fsp3) is 0.667. The van der Waals surface area contributed by atoms with Gasteiger partial charge in [-0.05, 0) is 38.5 Å². The molecule has 4 heteroatoms. The van der Waals surface area contributed by atoms with Gasteiger partial charge in [-0.15, -0.1) is 0 Å². The van der Waals surface area contributed by atoms with Gasteiger partial charge < -0.3 is 10.2 Å². The van der Waals surface area contributed by atoms with Crippen molar-refractivity contribution >= 4 is 11.9 Å². The van der Waals surface area contributed by atoms with E-state index in [1.165, 1.54) is 0 Å². The fourth-order valence-corrected chi connectivity index (χ4v) is 3.58. The molecule has 0 unspecified atom stereocenters. The van der Waals surface area contributed by atoms with Gasteiger partial charge in [0.2, 0.25) is 0 Å². The molecule has 0 aliphatic heterocycles. The van der Waals surface area contributed by atoms with E-state index in [4.69, 9.17) is 10.2 Å². The maximum Gasteiger partial charge on any atom is 0.308 e. The minimum absolute atomic E-state index is 0.0476. The molecule has 88 valence electrons. The van der Waals surface area contributed by atoms with Gasteiger partial charge in [-0.2, -0.15) is 0 Å². The first-order valence-corrected chi connectivity index (χ1v) is 5.58. The number of aliphatic carboxylic acids is 2. The predicted molar refractivity (Wildman–Crippen MR) is 56.8 cm³/mol. The van der Waals surface area contributed by atoms with Crippen LogP contribution in [0.25, 0.3) is 0 Å². The van der Waals surface area contributed by atoms with Crippen molar-refractivity contribution in [2.45, 2.75) is 26.7 Å². The van der Waals surface area contributed by atoms with Crippen LogP contribution >= 0.6 is 0 Å². The van der Waals surface area contributed by atoms with Crippen molar-refractivity contribution in [2.75, 3.05) is 0 Å². The van der Waals surface area contributed by atoms with Gasteiger partial charge in [0.1, 0.15) is 0 Å². The van der Waals surface area contributed by atoms with Crippen LogP contribution < -0.4 is 0 Å². The first-order chi connectivity index (χ1) is 7.45. The van der Waals surface area contributed by atoms with Crippen LogP contribution in [0.3, 0.4) is 0 Å². The lowest BCUT2D eigenvalue weighted by molar-refractivity contribution is -0.156. The van der Waals surface area contributed by atoms with E-state index in [2.05, 4.69) is 0 Å². The number of carbonyl (C=O) groups is 2. The maximum absolute atomic E-state index is 11.2. The van der Waals surface area contributed by atoms with Gasteiger partial charge in [-0.3, -0.25) is 9.59 Å². The molecule has 0 aromatic carbocycles. The van der Waals surface area contributed by atoms with Crippen molar-refractivity contribution in [3.05, 3.63) is 11.1 Å². The number of hydrogen-bond acceptors (Lipinski definition) is 2. The zero-order valence-electron chi connectivity index (χ0n) is 9.43. The molecule has 2 aliphatic rings. The third kappa shape index (κ3) is 1.36. The van der Waals surface area contributed by atoms with Crippen molar-refractivity contribution in [3.63, 3.8) is 0 Å². The lowest BCUT2D eigenvalue weighted by Gasteiger charge is -2.23. The molecule has 4 nitrogen and oxygen atoms in total. The fourth-order valence-electron chi connectivity index (χ4n) is 3.58. The molecule has 0 radical (unpaired) electrons. The third-order valence-corrected chi connectivity index (χ3v) is 3.99. The van der Waals surface area contributed by atoms with Crippen molar-refractivity contribution in [3.8, 4) is 0 Å². The second-order valence-corrected chi connectivity index (χ2v) is 4.97. The quantitative estimate of drug-likeness (QED) is 0.701. The predicted octanol–water partition coefficient (Wildman–Crippen LogP) is 1.76. The summed E-state index contributed by atoms with van der Waals surface area (Å²) in [4.78, 5) is 22.4. The number of hydrogen-bond donors (Lipinski definition) is 2. The Hall–Kier alpha value is -1.32. The molecule has 0 amide bonds.